The van der Waals surface area contributed by atoms with E-state index in [9.17, 15) is 0 Å². The first kappa shape index (κ1) is 10.9. The fourth-order valence-electron chi connectivity index (χ4n) is 1.67. The second-order valence-corrected chi connectivity index (χ2v) is 4.22. The van der Waals surface area contributed by atoms with Crippen LogP contribution in [0.1, 0.15) is 25.8 Å². The minimum absolute atomic E-state index is 0.747. The van der Waals surface area contributed by atoms with E-state index in [1.54, 1.807) is 17.3 Å². The third-order valence-electron chi connectivity index (χ3n) is 2.90. The van der Waals surface area contributed by atoms with Gasteiger partial charge >= 0.3 is 0 Å². The summed E-state index contributed by atoms with van der Waals surface area (Å²) >= 11 is 0. The molecule has 0 spiro atoms. The molecule has 1 heterocycles. The zero-order valence-corrected chi connectivity index (χ0v) is 9.80. The van der Waals surface area contributed by atoms with Crippen molar-refractivity contribution in [2.45, 2.75) is 26.7 Å². The zero-order valence-electron chi connectivity index (χ0n) is 9.80. The number of aromatic nitrogens is 3. The Morgan fingerprint density at radius 1 is 1.25 bits per heavy atom. The zero-order chi connectivity index (χ0) is 11.4. The molecule has 16 heavy (non-hydrogen) atoms. The fourth-order valence-corrected chi connectivity index (χ4v) is 1.67. The van der Waals surface area contributed by atoms with Crippen LogP contribution < -0.4 is 0 Å². The van der Waals surface area contributed by atoms with Crippen molar-refractivity contribution in [1.82, 2.24) is 14.8 Å². The SMILES string of the molecule is CCC(C)Cc1ccc(-n2cncn2)cc1. The predicted octanol–water partition coefficient (Wildman–Crippen LogP) is 2.86. The summed E-state index contributed by atoms with van der Waals surface area (Å²) in [5.41, 5.74) is 2.45. The van der Waals surface area contributed by atoms with E-state index in [2.05, 4.69) is 48.2 Å². The van der Waals surface area contributed by atoms with Gasteiger partial charge in [0.1, 0.15) is 12.7 Å². The van der Waals surface area contributed by atoms with Gasteiger partial charge in [0, 0.05) is 0 Å². The third-order valence-corrected chi connectivity index (χ3v) is 2.90. The molecule has 3 nitrogen and oxygen atoms in total. The van der Waals surface area contributed by atoms with Gasteiger partial charge in [-0.1, -0.05) is 32.4 Å². The van der Waals surface area contributed by atoms with Crippen molar-refractivity contribution in [2.24, 2.45) is 5.92 Å². The summed E-state index contributed by atoms with van der Waals surface area (Å²) in [4.78, 5) is 3.93. The minimum Gasteiger partial charge on any atom is -0.223 e. The molecule has 2 rings (SSSR count). The Balaban J connectivity index is 2.11. The topological polar surface area (TPSA) is 30.7 Å². The first-order valence-electron chi connectivity index (χ1n) is 5.73. The normalized spacial score (nSPS) is 12.6. The van der Waals surface area contributed by atoms with Gasteiger partial charge in [-0.3, -0.25) is 0 Å². The molecule has 0 radical (unpaired) electrons. The highest BCUT2D eigenvalue weighted by atomic mass is 15.3. The molecule has 3 heteroatoms. The highest BCUT2D eigenvalue weighted by Crippen LogP contribution is 2.13. The van der Waals surface area contributed by atoms with Gasteiger partial charge in [-0.15, -0.1) is 0 Å². The lowest BCUT2D eigenvalue weighted by molar-refractivity contribution is 0.560. The lowest BCUT2D eigenvalue weighted by atomic mass is 9.99. The molecule has 2 aromatic rings. The molecule has 0 N–H and O–H groups in total. The van der Waals surface area contributed by atoms with Gasteiger partial charge in [-0.2, -0.15) is 5.10 Å². The monoisotopic (exact) mass is 215 g/mol. The molecule has 1 atom stereocenters. The Morgan fingerprint density at radius 2 is 2.00 bits per heavy atom. The van der Waals surface area contributed by atoms with Crippen molar-refractivity contribution in [3.05, 3.63) is 42.5 Å². The number of benzene rings is 1. The quantitative estimate of drug-likeness (QED) is 0.785. The summed E-state index contributed by atoms with van der Waals surface area (Å²) in [5, 5.41) is 4.10. The predicted molar refractivity (Wildman–Crippen MR) is 64.5 cm³/mol. The maximum atomic E-state index is 4.10. The molecule has 1 aromatic heterocycles. The molecule has 0 bridgehead atoms. The maximum Gasteiger partial charge on any atom is 0.138 e. The fraction of sp³-hybridized carbons (Fsp3) is 0.385. The Bertz CT molecular complexity index is 417. The van der Waals surface area contributed by atoms with Crippen molar-refractivity contribution in [3.63, 3.8) is 0 Å². The van der Waals surface area contributed by atoms with E-state index in [0.29, 0.717) is 0 Å². The van der Waals surface area contributed by atoms with Crippen LogP contribution in [0.3, 0.4) is 0 Å². The molecule has 0 aliphatic heterocycles. The largest absolute Gasteiger partial charge is 0.223 e. The van der Waals surface area contributed by atoms with Gasteiger partial charge in [0.25, 0.3) is 0 Å². The van der Waals surface area contributed by atoms with Crippen LogP contribution in [-0.2, 0) is 6.42 Å². The van der Waals surface area contributed by atoms with Gasteiger partial charge in [0.15, 0.2) is 0 Å². The molecule has 0 amide bonds. The van der Waals surface area contributed by atoms with Crippen molar-refractivity contribution in [1.29, 1.82) is 0 Å². The second kappa shape index (κ2) is 4.92. The van der Waals surface area contributed by atoms with E-state index in [1.807, 2.05) is 0 Å². The first-order valence-corrected chi connectivity index (χ1v) is 5.73. The molecule has 0 fully saturated rings. The number of nitrogens with zero attached hydrogens (tertiary/aromatic N) is 3. The average molecular weight is 215 g/mol. The lowest BCUT2D eigenvalue weighted by Gasteiger charge is -2.08. The summed E-state index contributed by atoms with van der Waals surface area (Å²) < 4.78 is 1.77. The van der Waals surface area contributed by atoms with Crippen LogP contribution in [0.15, 0.2) is 36.9 Å². The number of hydrogen-bond acceptors (Lipinski definition) is 2. The highest BCUT2D eigenvalue weighted by Gasteiger charge is 2.02. The summed E-state index contributed by atoms with van der Waals surface area (Å²) in [6, 6.07) is 8.52. The standard InChI is InChI=1S/C13H17N3/c1-3-11(2)8-12-4-6-13(7-5-12)16-10-14-9-15-16/h4-7,9-11H,3,8H2,1-2H3. The summed E-state index contributed by atoms with van der Waals surface area (Å²) in [6.45, 7) is 4.51. The van der Waals surface area contributed by atoms with E-state index >= 15 is 0 Å². The molecule has 0 aliphatic carbocycles. The van der Waals surface area contributed by atoms with Crippen LogP contribution >= 0.6 is 0 Å². The van der Waals surface area contributed by atoms with E-state index < -0.39 is 0 Å². The molecule has 84 valence electrons. The number of hydrogen-bond donors (Lipinski definition) is 0. The molecule has 0 saturated carbocycles. The second-order valence-electron chi connectivity index (χ2n) is 4.22. The van der Waals surface area contributed by atoms with Crippen molar-refractivity contribution >= 4 is 0 Å². The molecule has 1 unspecified atom stereocenters. The van der Waals surface area contributed by atoms with E-state index in [-0.39, 0.29) is 0 Å². The van der Waals surface area contributed by atoms with E-state index in [0.717, 1.165) is 18.0 Å². The van der Waals surface area contributed by atoms with Crippen LogP contribution in [0.4, 0.5) is 0 Å². The first-order chi connectivity index (χ1) is 7.79. The van der Waals surface area contributed by atoms with Gasteiger partial charge < -0.3 is 0 Å². The summed E-state index contributed by atoms with van der Waals surface area (Å²) in [7, 11) is 0. The van der Waals surface area contributed by atoms with Crippen LogP contribution in [0.25, 0.3) is 5.69 Å². The van der Waals surface area contributed by atoms with Gasteiger partial charge in [-0.05, 0) is 30.0 Å². The molecule has 1 aromatic carbocycles. The van der Waals surface area contributed by atoms with Gasteiger partial charge in [0.05, 0.1) is 5.69 Å². The molecular weight excluding hydrogens is 198 g/mol. The van der Waals surface area contributed by atoms with E-state index in [1.165, 1.54) is 12.0 Å². The Labute approximate surface area is 96.1 Å². The minimum atomic E-state index is 0.747. The lowest BCUT2D eigenvalue weighted by Crippen LogP contribution is -1.99. The molecular formula is C13H17N3. The smallest absolute Gasteiger partial charge is 0.138 e. The Kier molecular flexibility index (Phi) is 3.34. The van der Waals surface area contributed by atoms with Crippen LogP contribution in [0.2, 0.25) is 0 Å². The third kappa shape index (κ3) is 2.48. The van der Waals surface area contributed by atoms with Gasteiger partial charge in [-0.25, -0.2) is 9.67 Å². The Morgan fingerprint density at radius 3 is 2.56 bits per heavy atom. The van der Waals surface area contributed by atoms with Gasteiger partial charge in [0.2, 0.25) is 0 Å². The highest BCUT2D eigenvalue weighted by molar-refractivity contribution is 5.33. The Hall–Kier alpha value is -1.64. The average Bonchev–Trinajstić information content (AvgIpc) is 2.83. The summed E-state index contributed by atoms with van der Waals surface area (Å²) in [6.07, 6.45) is 5.63. The van der Waals surface area contributed by atoms with Crippen LogP contribution in [0, 0.1) is 5.92 Å². The van der Waals surface area contributed by atoms with Crippen LogP contribution in [-0.4, -0.2) is 14.8 Å². The van der Waals surface area contributed by atoms with Crippen molar-refractivity contribution in [3.8, 4) is 5.69 Å². The molecule has 0 aliphatic rings. The van der Waals surface area contributed by atoms with Crippen molar-refractivity contribution in [2.75, 3.05) is 0 Å². The van der Waals surface area contributed by atoms with Crippen molar-refractivity contribution < 1.29 is 0 Å². The van der Waals surface area contributed by atoms with Crippen LogP contribution in [0.5, 0.6) is 0 Å². The molecule has 0 saturated heterocycles. The summed E-state index contributed by atoms with van der Waals surface area (Å²) in [5.74, 6) is 0.747. The number of rotatable bonds is 4. The maximum absolute atomic E-state index is 4.10. The van der Waals surface area contributed by atoms with E-state index in [4.69, 9.17) is 0 Å².